The molecule has 0 heterocycles. The van der Waals surface area contributed by atoms with Gasteiger partial charge in [-0.25, -0.2) is 13.6 Å². The summed E-state index contributed by atoms with van der Waals surface area (Å²) in [6, 6.07) is 10.9. The van der Waals surface area contributed by atoms with Crippen molar-refractivity contribution in [3.8, 4) is 0 Å². The molecule has 0 aliphatic heterocycles. The summed E-state index contributed by atoms with van der Waals surface area (Å²) in [5, 5.41) is 5.06. The van der Waals surface area contributed by atoms with Gasteiger partial charge in [0, 0.05) is 11.1 Å². The van der Waals surface area contributed by atoms with Crippen molar-refractivity contribution in [1.29, 1.82) is 0 Å². The molecule has 4 N–H and O–H groups in total. The Balaban J connectivity index is 2.16. The summed E-state index contributed by atoms with van der Waals surface area (Å²) in [5.74, 6) is -1.11. The maximum Gasteiger partial charge on any atom is 0.270 e. The van der Waals surface area contributed by atoms with E-state index < -0.39 is 21.8 Å². The van der Waals surface area contributed by atoms with Crippen molar-refractivity contribution in [2.75, 3.05) is 0 Å². The zero-order valence-electron chi connectivity index (χ0n) is 13.2. The third-order valence-corrected chi connectivity index (χ3v) is 4.37. The lowest BCUT2D eigenvalue weighted by molar-refractivity contribution is 0.0846. The van der Waals surface area contributed by atoms with Gasteiger partial charge < -0.3 is 0 Å². The second-order valence-electron chi connectivity index (χ2n) is 5.24. The lowest BCUT2D eigenvalue weighted by Gasteiger charge is -2.11. The van der Waals surface area contributed by atoms with Gasteiger partial charge in [0.1, 0.15) is 0 Å². The molecular formula is C16H17N3O4S. The number of carbonyl (C=O) groups is 2. The number of nitrogens with two attached hydrogens (primary N) is 1. The van der Waals surface area contributed by atoms with Crippen LogP contribution in [0.2, 0.25) is 0 Å². The fourth-order valence-corrected chi connectivity index (χ4v) is 2.64. The molecule has 0 aromatic heterocycles. The molecule has 0 radical (unpaired) electrons. The van der Waals surface area contributed by atoms with Crippen molar-refractivity contribution in [3.05, 3.63) is 64.7 Å². The number of primary sulfonamides is 1. The van der Waals surface area contributed by atoms with E-state index in [1.54, 1.807) is 38.1 Å². The highest BCUT2D eigenvalue weighted by molar-refractivity contribution is 7.89. The molecule has 0 saturated heterocycles. The molecule has 0 aliphatic rings. The number of amides is 2. The molecular weight excluding hydrogens is 330 g/mol. The van der Waals surface area contributed by atoms with Crippen molar-refractivity contribution in [2.45, 2.75) is 18.7 Å². The summed E-state index contributed by atoms with van der Waals surface area (Å²) in [5.41, 5.74) is 6.41. The van der Waals surface area contributed by atoms with Crippen LogP contribution in [-0.4, -0.2) is 20.2 Å². The van der Waals surface area contributed by atoms with Gasteiger partial charge >= 0.3 is 0 Å². The number of hydrogen-bond donors (Lipinski definition) is 3. The van der Waals surface area contributed by atoms with Crippen LogP contribution in [0, 0.1) is 13.8 Å². The largest absolute Gasteiger partial charge is 0.270 e. The van der Waals surface area contributed by atoms with E-state index in [9.17, 15) is 18.0 Å². The van der Waals surface area contributed by atoms with Crippen LogP contribution in [0.25, 0.3) is 0 Å². The molecule has 126 valence electrons. The number of sulfonamides is 1. The number of hydrogen-bond acceptors (Lipinski definition) is 4. The highest BCUT2D eigenvalue weighted by atomic mass is 32.2. The predicted molar refractivity (Wildman–Crippen MR) is 88.7 cm³/mol. The molecule has 0 fully saturated rings. The predicted octanol–water partition coefficient (Wildman–Crippen LogP) is 1.03. The van der Waals surface area contributed by atoms with Gasteiger partial charge in [-0.05, 0) is 43.2 Å². The summed E-state index contributed by atoms with van der Waals surface area (Å²) >= 11 is 0. The first-order valence-electron chi connectivity index (χ1n) is 7.00. The molecule has 0 unspecified atom stereocenters. The SMILES string of the molecule is Cc1ccccc1C(=O)NNC(=O)c1cc(S(N)(=O)=O)ccc1C. The Morgan fingerprint density at radius 1 is 0.875 bits per heavy atom. The summed E-state index contributed by atoms with van der Waals surface area (Å²) in [6.07, 6.45) is 0. The van der Waals surface area contributed by atoms with E-state index in [-0.39, 0.29) is 10.5 Å². The summed E-state index contributed by atoms with van der Waals surface area (Å²) in [7, 11) is -3.92. The normalized spacial score (nSPS) is 11.0. The third-order valence-electron chi connectivity index (χ3n) is 3.46. The van der Waals surface area contributed by atoms with Crippen LogP contribution >= 0.6 is 0 Å². The van der Waals surface area contributed by atoms with E-state index in [0.717, 1.165) is 5.56 Å². The smallest absolute Gasteiger partial charge is 0.267 e. The molecule has 2 amide bonds. The minimum atomic E-state index is -3.92. The average molecular weight is 347 g/mol. The van der Waals surface area contributed by atoms with Gasteiger partial charge in [-0.2, -0.15) is 0 Å². The van der Waals surface area contributed by atoms with Crippen LogP contribution in [0.15, 0.2) is 47.4 Å². The molecule has 0 spiro atoms. The minimum Gasteiger partial charge on any atom is -0.267 e. The Bertz CT molecular complexity index is 907. The number of nitrogens with one attached hydrogen (secondary N) is 2. The maximum atomic E-state index is 12.2. The number of benzene rings is 2. The maximum absolute atomic E-state index is 12.2. The molecule has 24 heavy (non-hydrogen) atoms. The Morgan fingerprint density at radius 2 is 1.42 bits per heavy atom. The minimum absolute atomic E-state index is 0.103. The van der Waals surface area contributed by atoms with Crippen molar-refractivity contribution in [3.63, 3.8) is 0 Å². The van der Waals surface area contributed by atoms with Gasteiger partial charge in [-0.1, -0.05) is 24.3 Å². The van der Waals surface area contributed by atoms with Crippen LogP contribution in [0.1, 0.15) is 31.8 Å². The average Bonchev–Trinajstić information content (AvgIpc) is 2.52. The third kappa shape index (κ3) is 3.98. The Morgan fingerprint density at radius 3 is 2.00 bits per heavy atom. The fraction of sp³-hybridized carbons (Fsp3) is 0.125. The van der Waals surface area contributed by atoms with Crippen LogP contribution in [0.5, 0.6) is 0 Å². The van der Waals surface area contributed by atoms with Crippen molar-refractivity contribution in [2.24, 2.45) is 5.14 Å². The lowest BCUT2D eigenvalue weighted by atomic mass is 10.1. The molecule has 7 nitrogen and oxygen atoms in total. The second-order valence-corrected chi connectivity index (χ2v) is 6.81. The Kier molecular flexibility index (Phi) is 5.01. The highest BCUT2D eigenvalue weighted by Crippen LogP contribution is 2.14. The first kappa shape index (κ1) is 17.6. The van der Waals surface area contributed by atoms with E-state index in [1.165, 1.54) is 18.2 Å². The molecule has 8 heteroatoms. The van der Waals surface area contributed by atoms with E-state index in [1.807, 2.05) is 0 Å². The topological polar surface area (TPSA) is 118 Å². The quantitative estimate of drug-likeness (QED) is 0.718. The van der Waals surface area contributed by atoms with Gasteiger partial charge in [0.15, 0.2) is 0 Å². The zero-order valence-corrected chi connectivity index (χ0v) is 14.0. The van der Waals surface area contributed by atoms with Crippen LogP contribution in [0.4, 0.5) is 0 Å². The van der Waals surface area contributed by atoms with E-state index in [0.29, 0.717) is 11.1 Å². The van der Waals surface area contributed by atoms with E-state index >= 15 is 0 Å². The van der Waals surface area contributed by atoms with Crippen molar-refractivity contribution < 1.29 is 18.0 Å². The standard InChI is InChI=1S/C16H17N3O4S/c1-10-5-3-4-6-13(10)15(20)18-19-16(21)14-9-12(24(17,22)23)8-7-11(14)2/h3-9H,1-2H3,(H,18,20)(H,19,21)(H2,17,22,23). The monoisotopic (exact) mass is 347 g/mol. The van der Waals surface area contributed by atoms with Crippen LogP contribution in [-0.2, 0) is 10.0 Å². The molecule has 0 atom stereocenters. The molecule has 2 aromatic rings. The summed E-state index contributed by atoms with van der Waals surface area (Å²) < 4.78 is 22.8. The number of rotatable bonds is 3. The number of carbonyl (C=O) groups excluding carboxylic acids is 2. The van der Waals surface area contributed by atoms with E-state index in [4.69, 9.17) is 5.14 Å². The van der Waals surface area contributed by atoms with Crippen molar-refractivity contribution >= 4 is 21.8 Å². The number of aryl methyl sites for hydroxylation is 2. The zero-order chi connectivity index (χ0) is 17.9. The first-order valence-corrected chi connectivity index (χ1v) is 8.54. The van der Waals surface area contributed by atoms with E-state index in [2.05, 4.69) is 10.9 Å². The summed E-state index contributed by atoms with van der Waals surface area (Å²) in [4.78, 5) is 24.1. The molecule has 0 aliphatic carbocycles. The van der Waals surface area contributed by atoms with Gasteiger partial charge in [0.05, 0.1) is 4.90 Å². The lowest BCUT2D eigenvalue weighted by Crippen LogP contribution is -2.42. The Labute approximate surface area is 139 Å². The van der Waals surface area contributed by atoms with Crippen LogP contribution in [0.3, 0.4) is 0 Å². The molecule has 0 saturated carbocycles. The number of hydrazine groups is 1. The van der Waals surface area contributed by atoms with Crippen molar-refractivity contribution in [1.82, 2.24) is 10.9 Å². The second kappa shape index (κ2) is 6.81. The van der Waals surface area contributed by atoms with Gasteiger partial charge in [-0.3, -0.25) is 20.4 Å². The summed E-state index contributed by atoms with van der Waals surface area (Å²) in [6.45, 7) is 3.42. The van der Waals surface area contributed by atoms with Gasteiger partial charge in [-0.15, -0.1) is 0 Å². The highest BCUT2D eigenvalue weighted by Gasteiger charge is 2.16. The van der Waals surface area contributed by atoms with Crippen LogP contribution < -0.4 is 16.0 Å². The Hall–Kier alpha value is -2.71. The molecule has 0 bridgehead atoms. The molecule has 2 aromatic carbocycles. The first-order chi connectivity index (χ1) is 11.2. The van der Waals surface area contributed by atoms with Gasteiger partial charge in [0.2, 0.25) is 10.0 Å². The fourth-order valence-electron chi connectivity index (χ4n) is 2.10. The van der Waals surface area contributed by atoms with Gasteiger partial charge in [0.25, 0.3) is 11.8 Å². The molecule has 2 rings (SSSR count).